The van der Waals surface area contributed by atoms with Gasteiger partial charge in [-0.05, 0) is 12.3 Å². The van der Waals surface area contributed by atoms with Crippen LogP contribution >= 0.6 is 0 Å². The Bertz CT molecular complexity index is 245. The smallest absolute Gasteiger partial charge is 0.227 e. The average molecular weight is 197 g/mol. The van der Waals surface area contributed by atoms with Crippen molar-refractivity contribution in [1.29, 1.82) is 0 Å². The fraction of sp³-hybridized carbons (Fsp3) is 0.778. The van der Waals surface area contributed by atoms with E-state index >= 15 is 0 Å². The fourth-order valence-corrected chi connectivity index (χ4v) is 1.55. The molecule has 1 aromatic heterocycles. The lowest BCUT2D eigenvalue weighted by atomic mass is 10.1. The Labute approximate surface area is 82.8 Å². The summed E-state index contributed by atoms with van der Waals surface area (Å²) in [6.45, 7) is 3.72. The molecule has 5 nitrogen and oxygen atoms in total. The lowest BCUT2D eigenvalue weighted by Gasteiger charge is -2.07. The molecule has 14 heavy (non-hydrogen) atoms. The molecule has 1 unspecified atom stereocenters. The highest BCUT2D eigenvalue weighted by molar-refractivity contribution is 4.75. The van der Waals surface area contributed by atoms with Crippen molar-refractivity contribution in [1.82, 2.24) is 15.5 Å². The standard InChI is InChI=1S/C9H15N3O2/c1(9-11-7-12-14-9)3-10-5-8-2-4-13-6-8/h7-8,10H,1-6H2. The van der Waals surface area contributed by atoms with Gasteiger partial charge in [0.2, 0.25) is 5.89 Å². The summed E-state index contributed by atoms with van der Waals surface area (Å²) in [4.78, 5) is 3.94. The van der Waals surface area contributed by atoms with Crippen molar-refractivity contribution in [2.75, 3.05) is 26.3 Å². The van der Waals surface area contributed by atoms with Crippen LogP contribution in [0, 0.1) is 5.92 Å². The quantitative estimate of drug-likeness (QED) is 0.685. The molecule has 1 fully saturated rings. The van der Waals surface area contributed by atoms with E-state index in [-0.39, 0.29) is 0 Å². The van der Waals surface area contributed by atoms with E-state index in [0.717, 1.165) is 32.7 Å². The minimum atomic E-state index is 0.678. The van der Waals surface area contributed by atoms with Gasteiger partial charge in [0.25, 0.3) is 0 Å². The maximum absolute atomic E-state index is 5.28. The number of nitrogens with zero attached hydrogens (tertiary/aromatic N) is 2. The van der Waals surface area contributed by atoms with Gasteiger partial charge in [0.1, 0.15) is 0 Å². The van der Waals surface area contributed by atoms with E-state index in [1.165, 1.54) is 12.7 Å². The van der Waals surface area contributed by atoms with E-state index in [1.807, 2.05) is 0 Å². The van der Waals surface area contributed by atoms with Crippen molar-refractivity contribution in [3.05, 3.63) is 12.2 Å². The molecule has 0 amide bonds. The van der Waals surface area contributed by atoms with E-state index < -0.39 is 0 Å². The highest BCUT2D eigenvalue weighted by Gasteiger charge is 2.14. The lowest BCUT2D eigenvalue weighted by Crippen LogP contribution is -2.25. The van der Waals surface area contributed by atoms with Gasteiger partial charge in [0, 0.05) is 26.1 Å². The second-order valence-electron chi connectivity index (χ2n) is 3.52. The summed E-state index contributed by atoms with van der Waals surface area (Å²) in [6.07, 6.45) is 3.40. The second-order valence-corrected chi connectivity index (χ2v) is 3.52. The third-order valence-electron chi connectivity index (χ3n) is 2.38. The summed E-state index contributed by atoms with van der Waals surface area (Å²) in [6, 6.07) is 0. The first-order chi connectivity index (χ1) is 6.95. The summed E-state index contributed by atoms with van der Waals surface area (Å²) in [5, 5.41) is 6.90. The van der Waals surface area contributed by atoms with E-state index in [9.17, 15) is 0 Å². The van der Waals surface area contributed by atoms with Crippen LogP contribution in [0.2, 0.25) is 0 Å². The molecule has 1 aliphatic rings. The van der Waals surface area contributed by atoms with Crippen LogP contribution in [0.25, 0.3) is 0 Å². The van der Waals surface area contributed by atoms with E-state index in [1.54, 1.807) is 0 Å². The summed E-state index contributed by atoms with van der Waals surface area (Å²) in [7, 11) is 0. The number of rotatable bonds is 5. The Kier molecular flexibility index (Phi) is 3.48. The zero-order chi connectivity index (χ0) is 9.64. The van der Waals surface area contributed by atoms with Crippen molar-refractivity contribution < 1.29 is 9.26 Å². The lowest BCUT2D eigenvalue weighted by molar-refractivity contribution is 0.185. The Morgan fingerprint density at radius 2 is 2.57 bits per heavy atom. The third kappa shape index (κ3) is 2.78. The minimum absolute atomic E-state index is 0.678. The Balaban J connectivity index is 1.55. The summed E-state index contributed by atoms with van der Waals surface area (Å²) < 4.78 is 10.2. The van der Waals surface area contributed by atoms with Gasteiger partial charge in [-0.15, -0.1) is 0 Å². The van der Waals surface area contributed by atoms with E-state index in [4.69, 9.17) is 9.26 Å². The van der Waals surface area contributed by atoms with Crippen molar-refractivity contribution in [3.8, 4) is 0 Å². The molecule has 1 atom stereocenters. The normalized spacial score (nSPS) is 21.6. The number of hydrogen-bond donors (Lipinski definition) is 1. The highest BCUT2D eigenvalue weighted by atomic mass is 16.5. The number of ether oxygens (including phenoxy) is 1. The van der Waals surface area contributed by atoms with E-state index in [0.29, 0.717) is 11.8 Å². The molecule has 1 aromatic rings. The zero-order valence-electron chi connectivity index (χ0n) is 8.11. The predicted octanol–water partition coefficient (Wildman–Crippen LogP) is 0.238. The summed E-state index contributed by atoms with van der Waals surface area (Å²) >= 11 is 0. The fourth-order valence-electron chi connectivity index (χ4n) is 1.55. The molecule has 2 heterocycles. The zero-order valence-corrected chi connectivity index (χ0v) is 8.11. The molecule has 0 bridgehead atoms. The molecular weight excluding hydrogens is 182 g/mol. The molecule has 1 saturated heterocycles. The van der Waals surface area contributed by atoms with Gasteiger partial charge < -0.3 is 14.6 Å². The van der Waals surface area contributed by atoms with Gasteiger partial charge in [0.15, 0.2) is 6.33 Å². The predicted molar refractivity (Wildman–Crippen MR) is 49.8 cm³/mol. The van der Waals surface area contributed by atoms with Gasteiger partial charge in [-0.25, -0.2) is 0 Å². The maximum Gasteiger partial charge on any atom is 0.227 e. The molecule has 5 heteroatoms. The van der Waals surface area contributed by atoms with Crippen LogP contribution < -0.4 is 5.32 Å². The molecule has 0 aliphatic carbocycles. The Morgan fingerprint density at radius 1 is 1.57 bits per heavy atom. The van der Waals surface area contributed by atoms with Crippen LogP contribution in [0.4, 0.5) is 0 Å². The summed E-state index contributed by atoms with van der Waals surface area (Å²) in [5.41, 5.74) is 0. The SMILES string of the molecule is c1noc(CCNCC2CCOC2)n1. The maximum atomic E-state index is 5.28. The molecule has 2 rings (SSSR count). The van der Waals surface area contributed by atoms with Crippen LogP contribution in [0.3, 0.4) is 0 Å². The molecule has 0 radical (unpaired) electrons. The summed E-state index contributed by atoms with van der Waals surface area (Å²) in [5.74, 6) is 1.37. The van der Waals surface area contributed by atoms with Crippen molar-refractivity contribution in [2.45, 2.75) is 12.8 Å². The number of nitrogens with one attached hydrogen (secondary N) is 1. The molecule has 0 saturated carbocycles. The Morgan fingerprint density at radius 3 is 3.29 bits per heavy atom. The van der Waals surface area contributed by atoms with Crippen LogP contribution in [0.1, 0.15) is 12.3 Å². The van der Waals surface area contributed by atoms with Crippen LogP contribution in [-0.2, 0) is 11.2 Å². The highest BCUT2D eigenvalue weighted by Crippen LogP contribution is 2.10. The van der Waals surface area contributed by atoms with Gasteiger partial charge in [-0.2, -0.15) is 4.98 Å². The Hall–Kier alpha value is -0.940. The minimum Gasteiger partial charge on any atom is -0.381 e. The van der Waals surface area contributed by atoms with Crippen LogP contribution in [0.15, 0.2) is 10.9 Å². The molecule has 78 valence electrons. The number of aromatic nitrogens is 2. The number of hydrogen-bond acceptors (Lipinski definition) is 5. The topological polar surface area (TPSA) is 60.2 Å². The third-order valence-corrected chi connectivity index (χ3v) is 2.38. The van der Waals surface area contributed by atoms with Gasteiger partial charge in [-0.3, -0.25) is 0 Å². The molecular formula is C9H15N3O2. The monoisotopic (exact) mass is 197 g/mol. The van der Waals surface area contributed by atoms with Crippen molar-refractivity contribution >= 4 is 0 Å². The molecule has 1 N–H and O–H groups in total. The molecule has 1 aliphatic heterocycles. The van der Waals surface area contributed by atoms with Gasteiger partial charge in [0.05, 0.1) is 6.61 Å². The second kappa shape index (κ2) is 5.07. The first-order valence-corrected chi connectivity index (χ1v) is 4.99. The van der Waals surface area contributed by atoms with Gasteiger partial charge in [-0.1, -0.05) is 5.16 Å². The molecule has 0 spiro atoms. The van der Waals surface area contributed by atoms with E-state index in [2.05, 4.69) is 15.5 Å². The van der Waals surface area contributed by atoms with Crippen LogP contribution in [0.5, 0.6) is 0 Å². The first-order valence-electron chi connectivity index (χ1n) is 4.99. The largest absolute Gasteiger partial charge is 0.381 e. The molecule has 0 aromatic carbocycles. The van der Waals surface area contributed by atoms with Crippen molar-refractivity contribution in [2.24, 2.45) is 5.92 Å². The van der Waals surface area contributed by atoms with Crippen molar-refractivity contribution in [3.63, 3.8) is 0 Å². The van der Waals surface area contributed by atoms with Gasteiger partial charge >= 0.3 is 0 Å². The van der Waals surface area contributed by atoms with Crippen LogP contribution in [-0.4, -0.2) is 36.4 Å². The average Bonchev–Trinajstić information content (AvgIpc) is 2.86. The first kappa shape index (κ1) is 9.61.